The van der Waals surface area contributed by atoms with Gasteiger partial charge in [-0.15, -0.1) is 0 Å². The third-order valence-electron chi connectivity index (χ3n) is 5.31. The van der Waals surface area contributed by atoms with Crippen LogP contribution in [0.25, 0.3) is 6.08 Å². The fourth-order valence-corrected chi connectivity index (χ4v) is 3.57. The number of halogens is 1. The number of hydrogen-bond acceptors (Lipinski definition) is 5. The lowest BCUT2D eigenvalue weighted by atomic mass is 9.93. The number of imide groups is 1. The smallest absolute Gasteiger partial charge is 0.271 e. The van der Waals surface area contributed by atoms with Crippen LogP contribution in [0.5, 0.6) is 5.75 Å². The van der Waals surface area contributed by atoms with Gasteiger partial charge in [0.1, 0.15) is 24.0 Å². The largest absolute Gasteiger partial charge is 0.489 e. The quantitative estimate of drug-likeness (QED) is 0.276. The number of carbonyl (C=O) groups is 2. The Morgan fingerprint density at radius 1 is 1.06 bits per heavy atom. The first-order valence-electron chi connectivity index (χ1n) is 11.1. The Hall–Kier alpha value is -3.40. The Labute approximate surface area is 205 Å². The maximum absolute atomic E-state index is 13.1. The fourth-order valence-electron chi connectivity index (χ4n) is 3.45. The van der Waals surface area contributed by atoms with E-state index in [0.29, 0.717) is 41.6 Å². The van der Waals surface area contributed by atoms with Crippen molar-refractivity contribution >= 4 is 29.5 Å². The molecule has 34 heavy (non-hydrogen) atoms. The average molecular weight is 479 g/mol. The summed E-state index contributed by atoms with van der Waals surface area (Å²) in [5, 5.41) is 10.2. The molecule has 0 aromatic heterocycles. The highest BCUT2D eigenvalue weighted by atomic mass is 35.5. The molecule has 0 fully saturated rings. The van der Waals surface area contributed by atoms with Gasteiger partial charge in [0, 0.05) is 23.7 Å². The molecule has 2 aromatic rings. The van der Waals surface area contributed by atoms with Gasteiger partial charge in [-0.1, -0.05) is 35.9 Å². The molecule has 1 aliphatic heterocycles. The number of nitrogens with zero attached hydrogens (tertiary/aromatic N) is 2. The molecular weight excluding hydrogens is 452 g/mol. The topological polar surface area (TPSA) is 79.6 Å². The lowest BCUT2D eigenvalue weighted by Gasteiger charge is -2.27. The van der Waals surface area contributed by atoms with Gasteiger partial charge in [0.15, 0.2) is 0 Å². The summed E-state index contributed by atoms with van der Waals surface area (Å²) in [7, 11) is 0. The molecule has 3 rings (SSSR count). The second kappa shape index (κ2) is 11.6. The number of rotatable bonds is 9. The zero-order chi connectivity index (χ0) is 24.7. The van der Waals surface area contributed by atoms with Crippen molar-refractivity contribution in [1.82, 2.24) is 4.90 Å². The van der Waals surface area contributed by atoms with Gasteiger partial charge < -0.3 is 9.47 Å². The van der Waals surface area contributed by atoms with E-state index < -0.39 is 11.8 Å². The van der Waals surface area contributed by atoms with E-state index in [1.807, 2.05) is 68.4 Å². The van der Waals surface area contributed by atoms with Crippen LogP contribution in [0.4, 0.5) is 0 Å². The Morgan fingerprint density at radius 3 is 2.35 bits per heavy atom. The Kier molecular flexibility index (Phi) is 8.64. The molecule has 2 amide bonds. The Morgan fingerprint density at radius 2 is 1.74 bits per heavy atom. The van der Waals surface area contributed by atoms with E-state index in [2.05, 4.69) is 0 Å². The van der Waals surface area contributed by atoms with E-state index in [1.54, 1.807) is 13.0 Å². The molecule has 1 heterocycles. The van der Waals surface area contributed by atoms with Crippen LogP contribution in [0.3, 0.4) is 0 Å². The standard InChI is InChI=1S/C27H27ClN2O4/c1-18(2)33-14-4-13-30-26(31)24(19(3)25(16-29)27(30)32)15-20-7-11-23(12-8-20)34-17-21-5-9-22(28)10-6-21/h5-12,15,18H,4,13-14,17H2,1-3H3/b24-15+. The van der Waals surface area contributed by atoms with Crippen molar-refractivity contribution in [2.75, 3.05) is 13.2 Å². The fraction of sp³-hybridized carbons (Fsp3) is 0.296. The first-order valence-corrected chi connectivity index (χ1v) is 11.5. The van der Waals surface area contributed by atoms with Gasteiger partial charge in [0.05, 0.1) is 6.10 Å². The van der Waals surface area contributed by atoms with Crippen molar-refractivity contribution in [1.29, 1.82) is 5.26 Å². The molecule has 1 aliphatic rings. The first kappa shape index (κ1) is 25.2. The SMILES string of the molecule is CC1=C(C#N)C(=O)N(CCCOC(C)C)C(=O)/C1=C/c1ccc(OCc2ccc(Cl)cc2)cc1. The molecule has 176 valence electrons. The minimum Gasteiger partial charge on any atom is -0.489 e. The number of benzene rings is 2. The number of hydrogen-bond donors (Lipinski definition) is 0. The summed E-state index contributed by atoms with van der Waals surface area (Å²) in [6, 6.07) is 16.7. The van der Waals surface area contributed by atoms with Crippen molar-refractivity contribution in [2.45, 2.75) is 39.9 Å². The lowest BCUT2D eigenvalue weighted by Crippen LogP contribution is -2.43. The highest BCUT2D eigenvalue weighted by molar-refractivity contribution is 6.30. The van der Waals surface area contributed by atoms with Gasteiger partial charge in [-0.3, -0.25) is 14.5 Å². The highest BCUT2D eigenvalue weighted by Crippen LogP contribution is 2.27. The van der Waals surface area contributed by atoms with E-state index in [4.69, 9.17) is 21.1 Å². The summed E-state index contributed by atoms with van der Waals surface area (Å²) in [5.74, 6) is -0.286. The summed E-state index contributed by atoms with van der Waals surface area (Å²) in [5.41, 5.74) is 2.46. The lowest BCUT2D eigenvalue weighted by molar-refractivity contribution is -0.140. The summed E-state index contributed by atoms with van der Waals surface area (Å²) in [6.07, 6.45) is 2.26. The van der Waals surface area contributed by atoms with Crippen LogP contribution in [-0.2, 0) is 20.9 Å². The van der Waals surface area contributed by atoms with Crippen LogP contribution >= 0.6 is 11.6 Å². The second-order valence-electron chi connectivity index (χ2n) is 8.19. The molecule has 2 aromatic carbocycles. The van der Waals surface area contributed by atoms with Gasteiger partial charge in [-0.05, 0) is 74.2 Å². The Bertz CT molecular complexity index is 1140. The predicted molar refractivity (Wildman–Crippen MR) is 131 cm³/mol. The summed E-state index contributed by atoms with van der Waals surface area (Å²) in [6.45, 7) is 6.50. The monoisotopic (exact) mass is 478 g/mol. The van der Waals surface area contributed by atoms with Crippen LogP contribution in [0, 0.1) is 11.3 Å². The molecule has 0 unspecified atom stereocenters. The summed E-state index contributed by atoms with van der Waals surface area (Å²) >= 11 is 5.91. The van der Waals surface area contributed by atoms with Crippen molar-refractivity contribution in [3.8, 4) is 11.8 Å². The molecule has 0 aliphatic carbocycles. The third kappa shape index (κ3) is 6.34. The van der Waals surface area contributed by atoms with E-state index in [9.17, 15) is 14.9 Å². The Balaban J connectivity index is 1.74. The van der Waals surface area contributed by atoms with Gasteiger partial charge in [0.25, 0.3) is 11.8 Å². The van der Waals surface area contributed by atoms with E-state index >= 15 is 0 Å². The normalized spacial score (nSPS) is 15.3. The molecule has 0 saturated heterocycles. The molecule has 0 radical (unpaired) electrons. The number of ether oxygens (including phenoxy) is 2. The van der Waals surface area contributed by atoms with Crippen molar-refractivity contribution in [2.24, 2.45) is 0 Å². The molecule has 6 nitrogen and oxygen atoms in total. The van der Waals surface area contributed by atoms with Crippen LogP contribution in [0.15, 0.2) is 65.3 Å². The number of amides is 2. The zero-order valence-electron chi connectivity index (χ0n) is 19.5. The molecule has 0 atom stereocenters. The first-order chi connectivity index (χ1) is 16.3. The van der Waals surface area contributed by atoms with Gasteiger partial charge >= 0.3 is 0 Å². The van der Waals surface area contributed by atoms with Crippen molar-refractivity contribution in [3.63, 3.8) is 0 Å². The number of nitriles is 1. The number of carbonyl (C=O) groups excluding carboxylic acids is 2. The maximum Gasteiger partial charge on any atom is 0.271 e. The van der Waals surface area contributed by atoms with Gasteiger partial charge in [-0.25, -0.2) is 0 Å². The minimum absolute atomic E-state index is 0.0152. The van der Waals surface area contributed by atoms with Crippen LogP contribution in [-0.4, -0.2) is 36.0 Å². The zero-order valence-corrected chi connectivity index (χ0v) is 20.3. The van der Waals surface area contributed by atoms with Crippen LogP contribution in [0.2, 0.25) is 5.02 Å². The molecule has 0 spiro atoms. The maximum atomic E-state index is 13.1. The van der Waals surface area contributed by atoms with E-state index in [0.717, 1.165) is 16.0 Å². The highest BCUT2D eigenvalue weighted by Gasteiger charge is 2.35. The van der Waals surface area contributed by atoms with Gasteiger partial charge in [-0.2, -0.15) is 5.26 Å². The average Bonchev–Trinajstić information content (AvgIpc) is 2.82. The van der Waals surface area contributed by atoms with Crippen molar-refractivity contribution in [3.05, 3.63) is 81.4 Å². The molecule has 0 saturated carbocycles. The summed E-state index contributed by atoms with van der Waals surface area (Å²) in [4.78, 5) is 26.9. The van der Waals surface area contributed by atoms with Gasteiger partial charge in [0.2, 0.25) is 0 Å². The van der Waals surface area contributed by atoms with Crippen LogP contribution < -0.4 is 4.74 Å². The molecular formula is C27H27ClN2O4. The third-order valence-corrected chi connectivity index (χ3v) is 5.56. The van der Waals surface area contributed by atoms with E-state index in [-0.39, 0.29) is 18.2 Å². The molecule has 0 N–H and O–H groups in total. The molecule has 0 bridgehead atoms. The summed E-state index contributed by atoms with van der Waals surface area (Å²) < 4.78 is 11.3. The molecule has 7 heteroatoms. The van der Waals surface area contributed by atoms with E-state index in [1.165, 1.54) is 0 Å². The predicted octanol–water partition coefficient (Wildman–Crippen LogP) is 5.33. The van der Waals surface area contributed by atoms with Crippen LogP contribution in [0.1, 0.15) is 38.3 Å². The van der Waals surface area contributed by atoms with Crippen molar-refractivity contribution < 1.29 is 19.1 Å². The minimum atomic E-state index is -0.558. The second-order valence-corrected chi connectivity index (χ2v) is 8.63.